The molecule has 1 aliphatic carbocycles. The van der Waals surface area contributed by atoms with Crippen LogP contribution in [0.2, 0.25) is 0 Å². The van der Waals surface area contributed by atoms with Crippen LogP contribution in [0.15, 0.2) is 29.2 Å². The number of nitrogens with two attached hydrogens (primary N) is 1. The summed E-state index contributed by atoms with van der Waals surface area (Å²) in [4.78, 5) is 0.0894. The Morgan fingerprint density at radius 1 is 1.28 bits per heavy atom. The van der Waals surface area contributed by atoms with Gasteiger partial charge >= 0.3 is 0 Å². The first-order chi connectivity index (χ1) is 8.53. The Balaban J connectivity index is 2.14. The van der Waals surface area contributed by atoms with Crippen molar-refractivity contribution in [2.45, 2.75) is 30.2 Å². The summed E-state index contributed by atoms with van der Waals surface area (Å²) >= 11 is 0. The minimum atomic E-state index is -3.58. The van der Waals surface area contributed by atoms with Crippen LogP contribution in [-0.4, -0.2) is 21.0 Å². The van der Waals surface area contributed by atoms with Crippen LogP contribution in [0.3, 0.4) is 0 Å². The molecule has 1 saturated carbocycles. The molecule has 1 aromatic rings. The summed E-state index contributed by atoms with van der Waals surface area (Å²) < 4.78 is 39.6. The van der Waals surface area contributed by atoms with Crippen molar-refractivity contribution < 1.29 is 12.8 Å². The highest BCUT2D eigenvalue weighted by Crippen LogP contribution is 2.26. The molecule has 0 saturated heterocycles. The Labute approximate surface area is 106 Å². The Kier molecular flexibility index (Phi) is 3.99. The summed E-state index contributed by atoms with van der Waals surface area (Å²) in [6, 6.07) is 4.71. The predicted octanol–water partition coefficient (Wildman–Crippen LogP) is 1.23. The highest BCUT2D eigenvalue weighted by molar-refractivity contribution is 7.89. The molecule has 18 heavy (non-hydrogen) atoms. The minimum Gasteiger partial charge on any atom is -0.330 e. The van der Waals surface area contributed by atoms with Crippen LogP contribution in [0.25, 0.3) is 0 Å². The summed E-state index contributed by atoms with van der Waals surface area (Å²) in [5.74, 6) is -0.255. The molecule has 1 fully saturated rings. The van der Waals surface area contributed by atoms with E-state index >= 15 is 0 Å². The van der Waals surface area contributed by atoms with Crippen molar-refractivity contribution in [3.63, 3.8) is 0 Å². The van der Waals surface area contributed by atoms with Gasteiger partial charge in [0.05, 0.1) is 4.90 Å². The molecule has 2 atom stereocenters. The lowest BCUT2D eigenvalue weighted by atomic mass is 10.1. The molecule has 6 heteroatoms. The van der Waals surface area contributed by atoms with E-state index in [4.69, 9.17) is 5.73 Å². The molecule has 0 aromatic heterocycles. The van der Waals surface area contributed by atoms with E-state index in [0.717, 1.165) is 31.4 Å². The van der Waals surface area contributed by atoms with Gasteiger partial charge in [-0.3, -0.25) is 0 Å². The molecule has 1 aliphatic rings. The van der Waals surface area contributed by atoms with Gasteiger partial charge in [0.15, 0.2) is 0 Å². The first-order valence-electron chi connectivity index (χ1n) is 6.01. The van der Waals surface area contributed by atoms with Crippen molar-refractivity contribution in [3.05, 3.63) is 30.1 Å². The van der Waals surface area contributed by atoms with Crippen LogP contribution in [-0.2, 0) is 10.0 Å². The quantitative estimate of drug-likeness (QED) is 0.866. The van der Waals surface area contributed by atoms with Gasteiger partial charge in [0.1, 0.15) is 5.82 Å². The molecular weight excluding hydrogens is 255 g/mol. The number of nitrogens with one attached hydrogen (secondary N) is 1. The number of hydrogen-bond donors (Lipinski definition) is 2. The van der Waals surface area contributed by atoms with Gasteiger partial charge in [0, 0.05) is 6.04 Å². The Morgan fingerprint density at radius 3 is 2.56 bits per heavy atom. The fourth-order valence-electron chi connectivity index (χ4n) is 2.36. The average molecular weight is 272 g/mol. The molecule has 3 N–H and O–H groups in total. The lowest BCUT2D eigenvalue weighted by Gasteiger charge is -2.19. The second-order valence-corrected chi connectivity index (χ2v) is 6.32. The molecule has 0 aliphatic heterocycles. The van der Waals surface area contributed by atoms with Gasteiger partial charge in [-0.1, -0.05) is 6.42 Å². The zero-order chi connectivity index (χ0) is 13.2. The molecule has 0 heterocycles. The van der Waals surface area contributed by atoms with Crippen LogP contribution < -0.4 is 10.5 Å². The van der Waals surface area contributed by atoms with E-state index in [9.17, 15) is 12.8 Å². The summed E-state index contributed by atoms with van der Waals surface area (Å²) in [7, 11) is -3.58. The van der Waals surface area contributed by atoms with Crippen molar-refractivity contribution in [1.29, 1.82) is 0 Å². The number of benzene rings is 1. The van der Waals surface area contributed by atoms with Crippen molar-refractivity contribution in [2.24, 2.45) is 11.7 Å². The second-order valence-electron chi connectivity index (χ2n) is 4.61. The van der Waals surface area contributed by atoms with Crippen molar-refractivity contribution in [1.82, 2.24) is 4.72 Å². The molecule has 2 unspecified atom stereocenters. The van der Waals surface area contributed by atoms with Crippen molar-refractivity contribution in [2.75, 3.05) is 6.54 Å². The highest BCUT2D eigenvalue weighted by atomic mass is 32.2. The lowest BCUT2D eigenvalue weighted by Crippen LogP contribution is -2.39. The first-order valence-corrected chi connectivity index (χ1v) is 7.49. The van der Waals surface area contributed by atoms with Crippen LogP contribution in [0.1, 0.15) is 19.3 Å². The fraction of sp³-hybridized carbons (Fsp3) is 0.500. The van der Waals surface area contributed by atoms with Gasteiger partial charge in [-0.15, -0.1) is 0 Å². The molecule has 0 radical (unpaired) electrons. The topological polar surface area (TPSA) is 72.2 Å². The van der Waals surface area contributed by atoms with E-state index in [2.05, 4.69) is 4.72 Å². The summed E-state index contributed by atoms with van der Waals surface area (Å²) in [5.41, 5.74) is 5.62. The molecule has 100 valence electrons. The SMILES string of the molecule is NCC1CCCC1NS(=O)(=O)c1ccc(F)cc1. The van der Waals surface area contributed by atoms with Gasteiger partial charge in [0.2, 0.25) is 10.0 Å². The largest absolute Gasteiger partial charge is 0.330 e. The number of rotatable bonds is 4. The average Bonchev–Trinajstić information content (AvgIpc) is 2.76. The summed E-state index contributed by atoms with van der Waals surface area (Å²) in [5, 5.41) is 0. The molecule has 1 aromatic carbocycles. The Morgan fingerprint density at radius 2 is 1.94 bits per heavy atom. The van der Waals surface area contributed by atoms with E-state index in [1.807, 2.05) is 0 Å². The fourth-order valence-corrected chi connectivity index (χ4v) is 3.69. The van der Waals surface area contributed by atoms with E-state index in [1.54, 1.807) is 0 Å². The zero-order valence-corrected chi connectivity index (χ0v) is 10.8. The molecule has 0 amide bonds. The molecule has 2 rings (SSSR count). The smallest absolute Gasteiger partial charge is 0.240 e. The van der Waals surface area contributed by atoms with E-state index in [-0.39, 0.29) is 16.9 Å². The summed E-state index contributed by atoms with van der Waals surface area (Å²) in [6.45, 7) is 0.483. The number of sulfonamides is 1. The molecule has 4 nitrogen and oxygen atoms in total. The first kappa shape index (κ1) is 13.5. The van der Waals surface area contributed by atoms with E-state index in [0.29, 0.717) is 6.54 Å². The predicted molar refractivity (Wildman–Crippen MR) is 66.9 cm³/mol. The third kappa shape index (κ3) is 2.88. The van der Waals surface area contributed by atoms with Gasteiger partial charge in [-0.25, -0.2) is 17.5 Å². The normalized spacial score (nSPS) is 24.3. The monoisotopic (exact) mass is 272 g/mol. The minimum absolute atomic E-state index is 0.0894. The number of hydrogen-bond acceptors (Lipinski definition) is 3. The lowest BCUT2D eigenvalue weighted by molar-refractivity contribution is 0.453. The van der Waals surface area contributed by atoms with Gasteiger partial charge < -0.3 is 5.73 Å². The van der Waals surface area contributed by atoms with Crippen LogP contribution in [0.4, 0.5) is 4.39 Å². The van der Waals surface area contributed by atoms with Gasteiger partial charge in [-0.05, 0) is 49.6 Å². The standard InChI is InChI=1S/C12H17FN2O2S/c13-10-4-6-11(7-5-10)18(16,17)15-12-3-1-2-9(12)8-14/h4-7,9,12,15H,1-3,8,14H2. The molecular formula is C12H17FN2O2S. The third-order valence-corrected chi connectivity index (χ3v) is 4.90. The van der Waals surface area contributed by atoms with Crippen LogP contribution >= 0.6 is 0 Å². The highest BCUT2D eigenvalue weighted by Gasteiger charge is 2.30. The second kappa shape index (κ2) is 5.34. The van der Waals surface area contributed by atoms with Crippen LogP contribution in [0, 0.1) is 11.7 Å². The molecule has 0 bridgehead atoms. The van der Waals surface area contributed by atoms with E-state index in [1.165, 1.54) is 12.1 Å². The summed E-state index contributed by atoms with van der Waals surface area (Å²) in [6.07, 6.45) is 2.74. The van der Waals surface area contributed by atoms with Crippen LogP contribution in [0.5, 0.6) is 0 Å². The Hall–Kier alpha value is -0.980. The maximum atomic E-state index is 12.8. The maximum Gasteiger partial charge on any atom is 0.240 e. The molecule has 0 spiro atoms. The van der Waals surface area contributed by atoms with Gasteiger partial charge in [0.25, 0.3) is 0 Å². The van der Waals surface area contributed by atoms with Crippen molar-refractivity contribution in [3.8, 4) is 0 Å². The third-order valence-electron chi connectivity index (χ3n) is 3.39. The van der Waals surface area contributed by atoms with E-state index < -0.39 is 15.8 Å². The Bertz CT molecular complexity index is 501. The van der Waals surface area contributed by atoms with Crippen molar-refractivity contribution >= 4 is 10.0 Å². The number of halogens is 1. The zero-order valence-electron chi connectivity index (χ0n) is 9.97. The van der Waals surface area contributed by atoms with Gasteiger partial charge in [-0.2, -0.15) is 0 Å². The maximum absolute atomic E-state index is 12.8.